The fourth-order valence-corrected chi connectivity index (χ4v) is 1.89. The molecule has 1 aliphatic carbocycles. The minimum Gasteiger partial charge on any atom is -0.324 e. The number of nitrogens with two attached hydrogens (primary N) is 1. The Morgan fingerprint density at radius 1 is 1.36 bits per heavy atom. The van der Waals surface area contributed by atoms with Crippen molar-refractivity contribution >= 4 is 0 Å². The Hall–Kier alpha value is -0.0800. The van der Waals surface area contributed by atoms with Gasteiger partial charge < -0.3 is 10.6 Å². The van der Waals surface area contributed by atoms with Crippen LogP contribution in [0.1, 0.15) is 32.6 Å². The summed E-state index contributed by atoms with van der Waals surface area (Å²) in [5.41, 5.74) is 6.34. The molecule has 0 atom stereocenters. The summed E-state index contributed by atoms with van der Waals surface area (Å²) in [6, 6.07) is 0. The first kappa shape index (κ1) is 9.01. The fourth-order valence-electron chi connectivity index (χ4n) is 1.89. The summed E-state index contributed by atoms with van der Waals surface area (Å²) in [7, 11) is 2.15. The molecule has 2 heteroatoms. The Labute approximate surface area is 69.8 Å². The first-order valence-corrected chi connectivity index (χ1v) is 4.64. The Morgan fingerprint density at radius 3 is 2.36 bits per heavy atom. The molecule has 0 spiro atoms. The van der Waals surface area contributed by atoms with E-state index in [0.717, 1.165) is 13.1 Å². The molecule has 1 aliphatic rings. The van der Waals surface area contributed by atoms with Gasteiger partial charge in [0.1, 0.15) is 0 Å². The van der Waals surface area contributed by atoms with Crippen molar-refractivity contribution < 1.29 is 0 Å². The van der Waals surface area contributed by atoms with Gasteiger partial charge in [-0.1, -0.05) is 19.8 Å². The van der Waals surface area contributed by atoms with Gasteiger partial charge in [0.15, 0.2) is 0 Å². The van der Waals surface area contributed by atoms with E-state index in [1.54, 1.807) is 0 Å². The maximum atomic E-state index is 6.19. The van der Waals surface area contributed by atoms with Crippen LogP contribution in [0.2, 0.25) is 0 Å². The molecule has 1 saturated carbocycles. The zero-order chi connectivity index (χ0) is 8.32. The van der Waals surface area contributed by atoms with E-state index in [9.17, 15) is 0 Å². The third kappa shape index (κ3) is 2.46. The molecule has 2 N–H and O–H groups in total. The van der Waals surface area contributed by atoms with Crippen molar-refractivity contribution in [1.82, 2.24) is 4.90 Å². The molecule has 11 heavy (non-hydrogen) atoms. The summed E-state index contributed by atoms with van der Waals surface area (Å²) in [5, 5.41) is 0. The van der Waals surface area contributed by atoms with Gasteiger partial charge >= 0.3 is 0 Å². The number of likely N-dealkylation sites (N-methyl/N-ethyl adjacent to an activating group) is 1. The Morgan fingerprint density at radius 2 is 1.91 bits per heavy atom. The maximum Gasteiger partial charge on any atom is 0.0283 e. The predicted octanol–water partition coefficient (Wildman–Crippen LogP) is 1.21. The molecule has 66 valence electrons. The van der Waals surface area contributed by atoms with Gasteiger partial charge in [0.25, 0.3) is 0 Å². The predicted molar refractivity (Wildman–Crippen MR) is 48.6 cm³/mol. The monoisotopic (exact) mass is 156 g/mol. The molecule has 0 heterocycles. The van der Waals surface area contributed by atoms with Crippen LogP contribution in [0.15, 0.2) is 0 Å². The summed E-state index contributed by atoms with van der Waals surface area (Å²) < 4.78 is 0. The van der Waals surface area contributed by atoms with Crippen LogP contribution in [0.25, 0.3) is 0 Å². The van der Waals surface area contributed by atoms with Crippen LogP contribution in [0.3, 0.4) is 0 Å². The van der Waals surface area contributed by atoms with E-state index < -0.39 is 0 Å². The van der Waals surface area contributed by atoms with E-state index in [-0.39, 0.29) is 5.54 Å². The van der Waals surface area contributed by atoms with E-state index in [1.165, 1.54) is 25.7 Å². The van der Waals surface area contributed by atoms with Crippen LogP contribution in [-0.4, -0.2) is 30.6 Å². The highest BCUT2D eigenvalue weighted by Crippen LogP contribution is 2.27. The van der Waals surface area contributed by atoms with Crippen LogP contribution in [0.5, 0.6) is 0 Å². The topological polar surface area (TPSA) is 29.3 Å². The van der Waals surface area contributed by atoms with Crippen LogP contribution >= 0.6 is 0 Å². The second-order valence-corrected chi connectivity index (χ2v) is 3.90. The average Bonchev–Trinajstić information content (AvgIpc) is 2.36. The van der Waals surface area contributed by atoms with E-state index in [0.29, 0.717) is 0 Å². The van der Waals surface area contributed by atoms with Crippen molar-refractivity contribution in [3.63, 3.8) is 0 Å². The summed E-state index contributed by atoms with van der Waals surface area (Å²) in [5.74, 6) is 0. The lowest BCUT2D eigenvalue weighted by Crippen LogP contribution is -2.46. The summed E-state index contributed by atoms with van der Waals surface area (Å²) in [6.07, 6.45) is 5.09. The van der Waals surface area contributed by atoms with Gasteiger partial charge in [-0.25, -0.2) is 0 Å². The standard InChI is InChI=1S/C9H20N2/c1-3-11(2)8-9(10)6-4-5-7-9/h3-8,10H2,1-2H3. The van der Waals surface area contributed by atoms with Gasteiger partial charge in [-0.05, 0) is 26.4 Å². The van der Waals surface area contributed by atoms with Crippen molar-refractivity contribution in [3.05, 3.63) is 0 Å². The first-order chi connectivity index (χ1) is 5.16. The second-order valence-electron chi connectivity index (χ2n) is 3.90. The van der Waals surface area contributed by atoms with Crippen molar-refractivity contribution in [3.8, 4) is 0 Å². The molecule has 0 amide bonds. The molecular formula is C9H20N2. The molecule has 0 aromatic rings. The minimum atomic E-state index is 0.144. The molecule has 1 rings (SSSR count). The Kier molecular flexibility index (Phi) is 2.90. The van der Waals surface area contributed by atoms with E-state index in [2.05, 4.69) is 18.9 Å². The summed E-state index contributed by atoms with van der Waals surface area (Å²) >= 11 is 0. The molecule has 0 saturated heterocycles. The van der Waals surface area contributed by atoms with Gasteiger partial charge in [0, 0.05) is 12.1 Å². The molecule has 0 bridgehead atoms. The second kappa shape index (κ2) is 3.55. The number of hydrogen-bond donors (Lipinski definition) is 1. The van der Waals surface area contributed by atoms with E-state index >= 15 is 0 Å². The smallest absolute Gasteiger partial charge is 0.0283 e. The fraction of sp³-hybridized carbons (Fsp3) is 1.00. The normalized spacial score (nSPS) is 22.9. The van der Waals surface area contributed by atoms with Crippen molar-refractivity contribution in [2.75, 3.05) is 20.1 Å². The van der Waals surface area contributed by atoms with Gasteiger partial charge in [0.2, 0.25) is 0 Å². The lowest BCUT2D eigenvalue weighted by atomic mass is 9.99. The molecule has 0 radical (unpaired) electrons. The van der Waals surface area contributed by atoms with Crippen LogP contribution in [0.4, 0.5) is 0 Å². The van der Waals surface area contributed by atoms with Crippen molar-refractivity contribution in [1.29, 1.82) is 0 Å². The molecule has 0 aromatic carbocycles. The van der Waals surface area contributed by atoms with Gasteiger partial charge in [-0.15, -0.1) is 0 Å². The average molecular weight is 156 g/mol. The lowest BCUT2D eigenvalue weighted by molar-refractivity contribution is 0.257. The highest BCUT2D eigenvalue weighted by Gasteiger charge is 2.29. The maximum absolute atomic E-state index is 6.19. The lowest BCUT2D eigenvalue weighted by Gasteiger charge is -2.28. The van der Waals surface area contributed by atoms with Crippen LogP contribution < -0.4 is 5.73 Å². The molecule has 0 unspecified atom stereocenters. The van der Waals surface area contributed by atoms with Crippen LogP contribution in [0, 0.1) is 0 Å². The molecule has 0 aliphatic heterocycles. The number of nitrogens with zero attached hydrogens (tertiary/aromatic N) is 1. The van der Waals surface area contributed by atoms with Gasteiger partial charge in [0.05, 0.1) is 0 Å². The van der Waals surface area contributed by atoms with Gasteiger partial charge in [-0.3, -0.25) is 0 Å². The highest BCUT2D eigenvalue weighted by atomic mass is 15.1. The Balaban J connectivity index is 2.33. The van der Waals surface area contributed by atoms with E-state index in [4.69, 9.17) is 5.73 Å². The quantitative estimate of drug-likeness (QED) is 0.665. The minimum absolute atomic E-state index is 0.144. The number of rotatable bonds is 3. The summed E-state index contributed by atoms with van der Waals surface area (Å²) in [6.45, 7) is 4.36. The molecule has 2 nitrogen and oxygen atoms in total. The molecule has 1 fully saturated rings. The third-order valence-electron chi connectivity index (χ3n) is 2.72. The largest absolute Gasteiger partial charge is 0.324 e. The molecule has 0 aromatic heterocycles. The van der Waals surface area contributed by atoms with Crippen LogP contribution in [-0.2, 0) is 0 Å². The number of hydrogen-bond acceptors (Lipinski definition) is 2. The molecular weight excluding hydrogens is 136 g/mol. The SMILES string of the molecule is CCN(C)CC1(N)CCCC1. The summed E-state index contributed by atoms with van der Waals surface area (Å²) in [4.78, 5) is 2.31. The highest BCUT2D eigenvalue weighted by molar-refractivity contribution is 4.91. The zero-order valence-corrected chi connectivity index (χ0v) is 7.77. The van der Waals surface area contributed by atoms with Crippen molar-refractivity contribution in [2.45, 2.75) is 38.1 Å². The Bertz CT molecular complexity index is 117. The first-order valence-electron chi connectivity index (χ1n) is 4.64. The zero-order valence-electron chi connectivity index (χ0n) is 7.77. The van der Waals surface area contributed by atoms with E-state index in [1.807, 2.05) is 0 Å². The third-order valence-corrected chi connectivity index (χ3v) is 2.72. The van der Waals surface area contributed by atoms with Gasteiger partial charge in [-0.2, -0.15) is 0 Å². The van der Waals surface area contributed by atoms with Crippen molar-refractivity contribution in [2.24, 2.45) is 5.73 Å².